The van der Waals surface area contributed by atoms with Gasteiger partial charge in [0.05, 0.1) is 0 Å². The van der Waals surface area contributed by atoms with Crippen molar-refractivity contribution >= 4 is 0 Å². The lowest BCUT2D eigenvalue weighted by atomic mass is 9.59. The Labute approximate surface area is 157 Å². The van der Waals surface area contributed by atoms with Crippen LogP contribution in [0.2, 0.25) is 0 Å². The molecule has 2 N–H and O–H groups in total. The van der Waals surface area contributed by atoms with Gasteiger partial charge in [-0.2, -0.15) is 0 Å². The maximum absolute atomic E-state index is 11.7. The summed E-state index contributed by atoms with van der Waals surface area (Å²) < 4.78 is 0. The van der Waals surface area contributed by atoms with Gasteiger partial charge in [-0.3, -0.25) is 4.90 Å². The molecule has 2 aliphatic heterocycles. The van der Waals surface area contributed by atoms with Crippen LogP contribution < -0.4 is 5.32 Å². The highest BCUT2D eigenvalue weighted by molar-refractivity contribution is 5.40. The van der Waals surface area contributed by atoms with E-state index in [0.717, 1.165) is 67.6 Å². The first kappa shape index (κ1) is 16.3. The largest absolute Gasteiger partial charge is 0.375 e. The lowest BCUT2D eigenvalue weighted by Gasteiger charge is -2.45. The highest BCUT2D eigenvalue weighted by atomic mass is 16.3. The van der Waals surface area contributed by atoms with Crippen molar-refractivity contribution in [3.05, 3.63) is 23.3 Å². The third-order valence-corrected chi connectivity index (χ3v) is 9.43. The normalized spacial score (nSPS) is 54.0. The van der Waals surface area contributed by atoms with Crippen LogP contribution in [0.4, 0.5) is 0 Å². The quantitative estimate of drug-likeness (QED) is 0.519. The Morgan fingerprint density at radius 1 is 1.08 bits per heavy atom. The average Bonchev–Trinajstić information content (AvgIpc) is 3.20. The Kier molecular flexibility index (Phi) is 3.29. The smallest absolute Gasteiger partial charge is 0.125 e. The molecule has 10 atom stereocenters. The van der Waals surface area contributed by atoms with Gasteiger partial charge in [0, 0.05) is 37.5 Å². The molecule has 4 bridgehead atoms. The molecule has 5 saturated carbocycles. The van der Waals surface area contributed by atoms with E-state index in [-0.39, 0.29) is 0 Å². The van der Waals surface area contributed by atoms with E-state index in [4.69, 9.17) is 0 Å². The number of nitrogens with one attached hydrogen (secondary N) is 1. The minimum atomic E-state index is -0.394. The van der Waals surface area contributed by atoms with E-state index in [1.807, 2.05) is 0 Å². The molecule has 0 radical (unpaired) electrons. The third kappa shape index (κ3) is 1.68. The Morgan fingerprint density at radius 2 is 1.92 bits per heavy atom. The lowest BCUT2D eigenvalue weighted by Crippen LogP contribution is -2.52. The van der Waals surface area contributed by atoms with Gasteiger partial charge in [-0.25, -0.2) is 0 Å². The fourth-order valence-electron chi connectivity index (χ4n) is 9.10. The highest BCUT2D eigenvalue weighted by Gasteiger charge is 2.93. The summed E-state index contributed by atoms with van der Waals surface area (Å²) in [4.78, 5) is 2.59. The molecule has 0 aromatic rings. The monoisotopic (exact) mass is 354 g/mol. The summed E-state index contributed by atoms with van der Waals surface area (Å²) in [6, 6.07) is 0.747. The van der Waals surface area contributed by atoms with Crippen LogP contribution in [0, 0.1) is 47.3 Å². The fourth-order valence-corrected chi connectivity index (χ4v) is 9.10. The lowest BCUT2D eigenvalue weighted by molar-refractivity contribution is -0.130. The topological polar surface area (TPSA) is 35.5 Å². The molecular formula is C23H34N2O. The van der Waals surface area contributed by atoms with E-state index in [2.05, 4.69) is 43.1 Å². The molecule has 7 rings (SSSR count). The van der Waals surface area contributed by atoms with Gasteiger partial charge in [-0.05, 0) is 75.5 Å². The van der Waals surface area contributed by atoms with Crippen LogP contribution in [0.15, 0.2) is 23.3 Å². The predicted octanol–water partition coefficient (Wildman–Crippen LogP) is 3.03. The number of aliphatic hydroxyl groups is 1. The zero-order valence-electron chi connectivity index (χ0n) is 16.5. The first-order valence-electron chi connectivity index (χ1n) is 11.0. The first-order chi connectivity index (χ1) is 12.5. The molecular weight excluding hydrogens is 320 g/mol. The molecule has 0 aromatic heterocycles. The van der Waals surface area contributed by atoms with Crippen molar-refractivity contribution in [2.24, 2.45) is 47.3 Å². The van der Waals surface area contributed by atoms with Crippen LogP contribution in [-0.2, 0) is 0 Å². The number of allylic oxidation sites excluding steroid dienone is 3. The van der Waals surface area contributed by atoms with Gasteiger partial charge in [-0.15, -0.1) is 0 Å². The molecule has 2 heterocycles. The Morgan fingerprint density at radius 3 is 2.73 bits per heavy atom. The number of hydrogen-bond donors (Lipinski definition) is 2. The van der Waals surface area contributed by atoms with Gasteiger partial charge in [0.2, 0.25) is 0 Å². The molecule has 2 saturated heterocycles. The second-order valence-electron chi connectivity index (χ2n) is 10.5. The maximum atomic E-state index is 11.7. The van der Waals surface area contributed by atoms with Crippen LogP contribution in [0.1, 0.15) is 40.0 Å². The summed E-state index contributed by atoms with van der Waals surface area (Å²) in [5.74, 6) is 6.90. The van der Waals surface area contributed by atoms with Crippen molar-refractivity contribution in [2.75, 3.05) is 19.6 Å². The molecule has 0 amide bonds. The zero-order valence-corrected chi connectivity index (χ0v) is 16.5. The molecule has 26 heavy (non-hydrogen) atoms. The summed E-state index contributed by atoms with van der Waals surface area (Å²) >= 11 is 0. The molecule has 5 aliphatic carbocycles. The predicted molar refractivity (Wildman–Crippen MR) is 103 cm³/mol. The van der Waals surface area contributed by atoms with E-state index < -0.39 is 5.72 Å². The van der Waals surface area contributed by atoms with Crippen molar-refractivity contribution in [1.29, 1.82) is 0 Å². The Balaban J connectivity index is 1.03. The summed E-state index contributed by atoms with van der Waals surface area (Å²) in [5, 5.41) is 15.3. The summed E-state index contributed by atoms with van der Waals surface area (Å²) in [6.07, 6.45) is 8.46. The first-order valence-corrected chi connectivity index (χ1v) is 11.0. The summed E-state index contributed by atoms with van der Waals surface area (Å²) in [6.45, 7) is 9.61. The summed E-state index contributed by atoms with van der Waals surface area (Å²) in [5.41, 5.74) is 2.50. The molecule has 7 aliphatic rings. The van der Waals surface area contributed by atoms with Gasteiger partial charge in [0.1, 0.15) is 5.72 Å². The van der Waals surface area contributed by atoms with Gasteiger partial charge in [-0.1, -0.05) is 23.3 Å². The summed E-state index contributed by atoms with van der Waals surface area (Å²) in [7, 11) is 0. The SMILES string of the molecule is CC(C)=CCC/C(C)=C/CNCCN1[C@H]2C3C4CC5C6C4C2C6[C@@]1(O)C53. The Hall–Kier alpha value is -0.640. The van der Waals surface area contributed by atoms with E-state index in [1.165, 1.54) is 24.0 Å². The van der Waals surface area contributed by atoms with Crippen LogP contribution in [-0.4, -0.2) is 41.4 Å². The molecule has 142 valence electrons. The number of rotatable bonds is 8. The maximum Gasteiger partial charge on any atom is 0.125 e. The Bertz CT molecular complexity index is 694. The minimum absolute atomic E-state index is 0.394. The third-order valence-electron chi connectivity index (χ3n) is 9.43. The molecule has 7 fully saturated rings. The van der Waals surface area contributed by atoms with Crippen LogP contribution in [0.25, 0.3) is 0 Å². The van der Waals surface area contributed by atoms with Gasteiger partial charge >= 0.3 is 0 Å². The molecule has 0 spiro atoms. The van der Waals surface area contributed by atoms with E-state index in [1.54, 1.807) is 0 Å². The highest BCUT2D eigenvalue weighted by Crippen LogP contribution is 2.90. The van der Waals surface area contributed by atoms with Crippen molar-refractivity contribution in [3.63, 3.8) is 0 Å². The van der Waals surface area contributed by atoms with E-state index in [9.17, 15) is 5.11 Å². The molecule has 3 nitrogen and oxygen atoms in total. The standard InChI is InChI=1S/C23H34N2O/c1-12(2)5-4-6-13(3)7-8-24-9-10-25-22-18-14-11-15-17-16(14)19(22)21(17)23(25,26)20(15)18/h5,7,14-22,24,26H,4,6,8-11H2,1-3H3/b13-7+/t14?,15?,16?,17?,18?,19?,20?,21?,22-,23-/m0/s1. The van der Waals surface area contributed by atoms with Gasteiger partial charge < -0.3 is 10.4 Å². The van der Waals surface area contributed by atoms with E-state index in [0.29, 0.717) is 11.8 Å². The van der Waals surface area contributed by atoms with Crippen LogP contribution in [0.5, 0.6) is 0 Å². The van der Waals surface area contributed by atoms with Crippen molar-refractivity contribution in [2.45, 2.75) is 51.8 Å². The molecule has 3 heteroatoms. The molecule has 8 unspecified atom stereocenters. The average molecular weight is 355 g/mol. The van der Waals surface area contributed by atoms with Crippen molar-refractivity contribution < 1.29 is 5.11 Å². The second kappa shape index (κ2) is 5.24. The van der Waals surface area contributed by atoms with Crippen molar-refractivity contribution in [3.8, 4) is 0 Å². The fraction of sp³-hybridized carbons (Fsp3) is 0.826. The van der Waals surface area contributed by atoms with Gasteiger partial charge in [0.25, 0.3) is 0 Å². The van der Waals surface area contributed by atoms with E-state index >= 15 is 0 Å². The van der Waals surface area contributed by atoms with Crippen LogP contribution >= 0.6 is 0 Å². The molecule has 0 aromatic carbocycles. The minimum Gasteiger partial charge on any atom is -0.375 e. The second-order valence-corrected chi connectivity index (χ2v) is 10.5. The van der Waals surface area contributed by atoms with Crippen molar-refractivity contribution in [1.82, 2.24) is 10.2 Å². The van der Waals surface area contributed by atoms with Gasteiger partial charge in [0.15, 0.2) is 0 Å². The number of hydrogen-bond acceptors (Lipinski definition) is 3. The number of nitrogens with zero attached hydrogens (tertiary/aromatic N) is 1. The van der Waals surface area contributed by atoms with Crippen LogP contribution in [0.3, 0.4) is 0 Å². The zero-order chi connectivity index (χ0) is 17.8.